The van der Waals surface area contributed by atoms with E-state index in [0.29, 0.717) is 11.5 Å². The van der Waals surface area contributed by atoms with Crippen molar-refractivity contribution in [3.05, 3.63) is 30.3 Å². The average molecular weight is 198 g/mol. The summed E-state index contributed by atoms with van der Waals surface area (Å²) in [5, 5.41) is 0. The number of hydrogen-bond donors (Lipinski definition) is 0. The van der Waals surface area contributed by atoms with E-state index in [-0.39, 0.29) is 0 Å². The number of para-hydroxylation sites is 1. The molecule has 0 bridgehead atoms. The lowest BCUT2D eigenvalue weighted by Gasteiger charge is -2.02. The molecule has 1 atom stereocenters. The van der Waals surface area contributed by atoms with Gasteiger partial charge in [0.05, 0.1) is 5.75 Å². The Labute approximate surface area is 81.6 Å². The van der Waals surface area contributed by atoms with Crippen molar-refractivity contribution in [2.75, 3.05) is 5.75 Å². The Bertz CT molecular complexity index is 259. The first-order valence-electron chi connectivity index (χ1n) is 4.44. The van der Waals surface area contributed by atoms with E-state index in [1.165, 1.54) is 0 Å². The average Bonchev–Trinajstić information content (AvgIpc) is 2.16. The van der Waals surface area contributed by atoms with Gasteiger partial charge in [0.15, 0.2) is 0 Å². The Morgan fingerprint density at radius 1 is 1.31 bits per heavy atom. The number of unbranched alkanes of at least 4 members (excludes halogenated alkanes) is 1. The van der Waals surface area contributed by atoms with E-state index in [2.05, 4.69) is 6.92 Å². The molecular weight excluding hydrogens is 184 g/mol. The lowest BCUT2D eigenvalue weighted by atomic mass is 10.3. The first kappa shape index (κ1) is 10.3. The fourth-order valence-corrected chi connectivity index (χ4v) is 1.82. The van der Waals surface area contributed by atoms with Crippen molar-refractivity contribution < 1.29 is 8.39 Å². The normalized spacial score (nSPS) is 12.4. The van der Waals surface area contributed by atoms with Gasteiger partial charge in [0.2, 0.25) is 11.1 Å². The van der Waals surface area contributed by atoms with Crippen LogP contribution in [-0.2, 0) is 11.1 Å². The highest BCUT2D eigenvalue weighted by atomic mass is 32.2. The van der Waals surface area contributed by atoms with Crippen LogP contribution < -0.4 is 4.18 Å². The summed E-state index contributed by atoms with van der Waals surface area (Å²) < 4.78 is 16.4. The molecule has 0 aliphatic rings. The van der Waals surface area contributed by atoms with Gasteiger partial charge in [-0.3, -0.25) is 0 Å². The highest BCUT2D eigenvalue weighted by Gasteiger charge is 2.00. The smallest absolute Gasteiger partial charge is 0.206 e. The minimum atomic E-state index is -1.17. The Morgan fingerprint density at radius 2 is 2.00 bits per heavy atom. The summed E-state index contributed by atoms with van der Waals surface area (Å²) >= 11 is -1.17. The molecule has 3 heteroatoms. The third-order valence-corrected chi connectivity index (χ3v) is 2.60. The lowest BCUT2D eigenvalue weighted by molar-refractivity contribution is 0.559. The van der Waals surface area contributed by atoms with E-state index in [4.69, 9.17) is 4.18 Å². The van der Waals surface area contributed by atoms with E-state index < -0.39 is 11.1 Å². The van der Waals surface area contributed by atoms with Crippen LogP contribution in [0.4, 0.5) is 0 Å². The largest absolute Gasteiger partial charge is 0.401 e. The maximum atomic E-state index is 11.3. The maximum absolute atomic E-state index is 11.3. The SMILES string of the molecule is CCCCS(=O)Oc1ccccc1. The van der Waals surface area contributed by atoms with E-state index in [9.17, 15) is 4.21 Å². The molecule has 2 nitrogen and oxygen atoms in total. The Kier molecular flexibility index (Phi) is 4.54. The molecular formula is C10H14O2S. The van der Waals surface area contributed by atoms with Crippen molar-refractivity contribution >= 4 is 11.1 Å². The summed E-state index contributed by atoms with van der Waals surface area (Å²) in [7, 11) is 0. The van der Waals surface area contributed by atoms with Crippen LogP contribution in [0.5, 0.6) is 5.75 Å². The van der Waals surface area contributed by atoms with Crippen molar-refractivity contribution in [2.45, 2.75) is 19.8 Å². The highest BCUT2D eigenvalue weighted by molar-refractivity contribution is 7.80. The summed E-state index contributed by atoms with van der Waals surface area (Å²) in [6.07, 6.45) is 1.99. The zero-order chi connectivity index (χ0) is 9.52. The maximum Gasteiger partial charge on any atom is 0.206 e. The molecule has 0 aliphatic heterocycles. The molecule has 1 aromatic rings. The molecule has 1 unspecified atom stereocenters. The van der Waals surface area contributed by atoms with Crippen LogP contribution in [0.3, 0.4) is 0 Å². The molecule has 72 valence electrons. The minimum Gasteiger partial charge on any atom is -0.401 e. The molecule has 0 amide bonds. The van der Waals surface area contributed by atoms with E-state index in [0.717, 1.165) is 12.8 Å². The Balaban J connectivity index is 2.37. The third kappa shape index (κ3) is 4.08. The molecule has 0 fully saturated rings. The van der Waals surface area contributed by atoms with Gasteiger partial charge in [-0.1, -0.05) is 31.5 Å². The molecule has 0 N–H and O–H groups in total. The second kappa shape index (κ2) is 5.75. The molecule has 1 aromatic carbocycles. The minimum absolute atomic E-state index is 0.616. The first-order chi connectivity index (χ1) is 6.33. The summed E-state index contributed by atoms with van der Waals surface area (Å²) in [5.41, 5.74) is 0. The van der Waals surface area contributed by atoms with Gasteiger partial charge in [-0.05, 0) is 18.6 Å². The van der Waals surface area contributed by atoms with Gasteiger partial charge in [0.1, 0.15) is 5.75 Å². The van der Waals surface area contributed by atoms with Crippen molar-refractivity contribution in [3.63, 3.8) is 0 Å². The number of benzene rings is 1. The highest BCUT2D eigenvalue weighted by Crippen LogP contribution is 2.10. The fraction of sp³-hybridized carbons (Fsp3) is 0.400. The van der Waals surface area contributed by atoms with Crippen molar-refractivity contribution in [3.8, 4) is 5.75 Å². The van der Waals surface area contributed by atoms with Gasteiger partial charge in [-0.2, -0.15) is 0 Å². The number of hydrogen-bond acceptors (Lipinski definition) is 2. The Morgan fingerprint density at radius 3 is 2.62 bits per heavy atom. The quantitative estimate of drug-likeness (QED) is 0.726. The molecule has 0 heterocycles. The molecule has 0 spiro atoms. The van der Waals surface area contributed by atoms with Crippen LogP contribution in [0.1, 0.15) is 19.8 Å². The van der Waals surface area contributed by atoms with Gasteiger partial charge < -0.3 is 4.18 Å². The van der Waals surface area contributed by atoms with Crippen LogP contribution >= 0.6 is 0 Å². The van der Waals surface area contributed by atoms with Gasteiger partial charge >= 0.3 is 0 Å². The molecule has 0 radical (unpaired) electrons. The molecule has 1 rings (SSSR count). The lowest BCUT2D eigenvalue weighted by Crippen LogP contribution is -2.04. The monoisotopic (exact) mass is 198 g/mol. The molecule has 0 aromatic heterocycles. The van der Waals surface area contributed by atoms with E-state index >= 15 is 0 Å². The van der Waals surface area contributed by atoms with Crippen LogP contribution in [0.15, 0.2) is 30.3 Å². The van der Waals surface area contributed by atoms with E-state index in [1.54, 1.807) is 0 Å². The summed E-state index contributed by atoms with van der Waals surface area (Å²) in [5.74, 6) is 1.29. The first-order valence-corrected chi connectivity index (χ1v) is 5.69. The summed E-state index contributed by atoms with van der Waals surface area (Å²) in [6.45, 7) is 2.07. The van der Waals surface area contributed by atoms with Crippen LogP contribution in [0.25, 0.3) is 0 Å². The van der Waals surface area contributed by atoms with Crippen LogP contribution in [-0.4, -0.2) is 9.96 Å². The van der Waals surface area contributed by atoms with Crippen molar-refractivity contribution in [2.24, 2.45) is 0 Å². The molecule has 13 heavy (non-hydrogen) atoms. The van der Waals surface area contributed by atoms with Crippen LogP contribution in [0.2, 0.25) is 0 Å². The molecule has 0 saturated carbocycles. The van der Waals surface area contributed by atoms with Crippen LogP contribution in [0, 0.1) is 0 Å². The van der Waals surface area contributed by atoms with E-state index in [1.807, 2.05) is 30.3 Å². The number of rotatable bonds is 5. The predicted molar refractivity (Wildman–Crippen MR) is 55.0 cm³/mol. The second-order valence-corrected chi connectivity index (χ2v) is 3.94. The predicted octanol–water partition coefficient (Wildman–Crippen LogP) is 2.53. The van der Waals surface area contributed by atoms with Crippen molar-refractivity contribution in [1.82, 2.24) is 0 Å². The van der Waals surface area contributed by atoms with Crippen molar-refractivity contribution in [1.29, 1.82) is 0 Å². The topological polar surface area (TPSA) is 26.3 Å². The van der Waals surface area contributed by atoms with Gasteiger partial charge in [0.25, 0.3) is 0 Å². The van der Waals surface area contributed by atoms with Gasteiger partial charge in [-0.25, -0.2) is 4.21 Å². The standard InChI is InChI=1S/C10H14O2S/c1-2-3-9-13(11)12-10-7-5-4-6-8-10/h4-8H,2-3,9H2,1H3. The van der Waals surface area contributed by atoms with Gasteiger partial charge in [-0.15, -0.1) is 0 Å². The molecule has 0 aliphatic carbocycles. The van der Waals surface area contributed by atoms with Gasteiger partial charge in [0, 0.05) is 0 Å². The fourth-order valence-electron chi connectivity index (χ4n) is 0.887. The zero-order valence-electron chi connectivity index (χ0n) is 7.73. The summed E-state index contributed by atoms with van der Waals surface area (Å²) in [4.78, 5) is 0. The Hall–Kier alpha value is -0.830. The zero-order valence-corrected chi connectivity index (χ0v) is 8.55. The second-order valence-electron chi connectivity index (χ2n) is 2.76. The third-order valence-electron chi connectivity index (χ3n) is 1.60. The molecule has 0 saturated heterocycles. The summed E-state index contributed by atoms with van der Waals surface area (Å²) in [6, 6.07) is 9.26.